The van der Waals surface area contributed by atoms with Crippen molar-refractivity contribution < 1.29 is 15.1 Å². The summed E-state index contributed by atoms with van der Waals surface area (Å²) in [5, 5.41) is 20.2. The fourth-order valence-electron chi connectivity index (χ4n) is 5.14. The molecular formula is C27H35N3O3. The molecule has 33 heavy (non-hydrogen) atoms. The van der Waals surface area contributed by atoms with Gasteiger partial charge in [0, 0.05) is 35.2 Å². The van der Waals surface area contributed by atoms with Crippen LogP contribution in [-0.4, -0.2) is 50.9 Å². The molecule has 1 aliphatic rings. The molecule has 6 heteroatoms. The van der Waals surface area contributed by atoms with Crippen molar-refractivity contribution in [3.63, 3.8) is 0 Å². The highest BCUT2D eigenvalue weighted by Crippen LogP contribution is 2.31. The number of aliphatic hydroxyl groups is 1. The maximum atomic E-state index is 11.6. The third kappa shape index (κ3) is 5.46. The largest absolute Gasteiger partial charge is 0.389 e. The summed E-state index contributed by atoms with van der Waals surface area (Å²) in [5.74, 6) is 0.129. The monoisotopic (exact) mass is 449 g/mol. The molecule has 0 saturated carbocycles. The molecule has 0 radical (unpaired) electrons. The molecule has 6 nitrogen and oxygen atoms in total. The maximum absolute atomic E-state index is 11.6. The number of nitrogens with zero attached hydrogens (tertiary/aromatic N) is 2. The number of carbonyl (C=O) groups is 1. The third-order valence-electron chi connectivity index (χ3n) is 6.82. The number of amides is 1. The predicted molar refractivity (Wildman–Crippen MR) is 131 cm³/mol. The van der Waals surface area contributed by atoms with E-state index in [4.69, 9.17) is 5.21 Å². The number of hydrogen-bond donors (Lipinski definition) is 3. The number of para-hydroxylation sites is 1. The molecule has 176 valence electrons. The van der Waals surface area contributed by atoms with Gasteiger partial charge in [-0.1, -0.05) is 30.3 Å². The van der Waals surface area contributed by atoms with E-state index in [1.807, 2.05) is 26.0 Å². The Hall–Kier alpha value is -2.67. The van der Waals surface area contributed by atoms with Crippen molar-refractivity contribution in [3.8, 4) is 0 Å². The molecule has 3 aromatic rings. The van der Waals surface area contributed by atoms with E-state index in [9.17, 15) is 9.90 Å². The molecular weight excluding hydrogens is 414 g/mol. The Morgan fingerprint density at radius 2 is 1.76 bits per heavy atom. The minimum absolute atomic E-state index is 0.441. The first-order valence-corrected chi connectivity index (χ1v) is 11.8. The molecule has 1 saturated heterocycles. The number of carbonyl (C=O) groups excluding carboxylic acids is 1. The number of rotatable bonds is 7. The average molecular weight is 450 g/mol. The quantitative estimate of drug-likeness (QED) is 0.374. The lowest BCUT2D eigenvalue weighted by Crippen LogP contribution is -2.43. The van der Waals surface area contributed by atoms with Gasteiger partial charge >= 0.3 is 0 Å². The molecule has 3 N–H and O–H groups in total. The number of benzene rings is 2. The molecule has 0 bridgehead atoms. The molecule has 0 aliphatic carbocycles. The van der Waals surface area contributed by atoms with Crippen molar-refractivity contribution in [3.05, 3.63) is 70.9 Å². The highest BCUT2D eigenvalue weighted by atomic mass is 16.5. The van der Waals surface area contributed by atoms with Crippen LogP contribution in [0.4, 0.5) is 0 Å². The van der Waals surface area contributed by atoms with Gasteiger partial charge in [0.1, 0.15) is 0 Å². The number of likely N-dealkylation sites (tertiary alicyclic amines) is 1. The number of β-amino-alcohol motifs (C(OH)–C–C–N with tert-alkyl or cyclic N) is 1. The van der Waals surface area contributed by atoms with Gasteiger partial charge in [0.2, 0.25) is 0 Å². The van der Waals surface area contributed by atoms with E-state index in [1.54, 1.807) is 17.6 Å². The molecule has 2 heterocycles. The molecule has 1 amide bonds. The van der Waals surface area contributed by atoms with Crippen LogP contribution in [0, 0.1) is 12.8 Å². The smallest absolute Gasteiger partial charge is 0.274 e. The Morgan fingerprint density at radius 1 is 1.09 bits per heavy atom. The minimum atomic E-state index is -0.644. The second-order valence-electron chi connectivity index (χ2n) is 10.0. The summed E-state index contributed by atoms with van der Waals surface area (Å²) < 4.78 is 2.48. The Morgan fingerprint density at radius 3 is 2.39 bits per heavy atom. The zero-order valence-corrected chi connectivity index (χ0v) is 19.8. The fraction of sp³-hybridized carbons (Fsp3) is 0.444. The van der Waals surface area contributed by atoms with Crippen LogP contribution in [0.5, 0.6) is 0 Å². The lowest BCUT2D eigenvalue weighted by Gasteiger charge is -2.35. The number of piperidine rings is 1. The number of hydroxylamine groups is 1. The molecule has 1 aromatic heterocycles. The molecule has 0 atom stereocenters. The van der Waals surface area contributed by atoms with Gasteiger partial charge in [-0.2, -0.15) is 0 Å². The maximum Gasteiger partial charge on any atom is 0.274 e. The zero-order valence-electron chi connectivity index (χ0n) is 19.8. The second-order valence-corrected chi connectivity index (χ2v) is 10.0. The van der Waals surface area contributed by atoms with Crippen molar-refractivity contribution in [2.45, 2.75) is 52.2 Å². The Balaban J connectivity index is 1.52. The van der Waals surface area contributed by atoms with Gasteiger partial charge in [-0.3, -0.25) is 10.0 Å². The van der Waals surface area contributed by atoms with Gasteiger partial charge in [0.15, 0.2) is 0 Å². The number of aromatic nitrogens is 1. The number of hydrogen-bond acceptors (Lipinski definition) is 4. The fourth-order valence-corrected chi connectivity index (χ4v) is 5.14. The van der Waals surface area contributed by atoms with Crippen LogP contribution in [0.2, 0.25) is 0 Å². The molecule has 0 spiro atoms. The van der Waals surface area contributed by atoms with Crippen LogP contribution in [0.15, 0.2) is 48.5 Å². The Bertz CT molecular complexity index is 1100. The second kappa shape index (κ2) is 9.67. The SMILES string of the molecule is Cc1c(Cc2ccc(C(=O)NO)cc2)c2ccccc2n1CC1CCN(CC(C)(C)O)CC1. The number of fused-ring (bicyclic) bond motifs is 1. The molecule has 4 rings (SSSR count). The van der Waals surface area contributed by atoms with E-state index >= 15 is 0 Å². The zero-order chi connectivity index (χ0) is 23.6. The van der Waals surface area contributed by atoms with Crippen molar-refractivity contribution in [1.82, 2.24) is 14.9 Å². The Labute approximate surface area is 195 Å². The molecule has 0 unspecified atom stereocenters. The topological polar surface area (TPSA) is 77.7 Å². The third-order valence-corrected chi connectivity index (χ3v) is 6.82. The van der Waals surface area contributed by atoms with Gasteiger partial charge in [0.05, 0.1) is 5.60 Å². The standard InChI is InChI=1S/C27H35N3O3/c1-19-24(16-20-8-10-22(11-9-20)26(31)28-33)23-6-4-5-7-25(23)30(19)17-21-12-14-29(15-13-21)18-27(2,3)32/h4-11,21,32-33H,12-18H2,1-3H3,(H,28,31). The van der Waals surface area contributed by atoms with Gasteiger partial charge in [-0.15, -0.1) is 0 Å². The van der Waals surface area contributed by atoms with Gasteiger partial charge in [-0.25, -0.2) is 5.48 Å². The van der Waals surface area contributed by atoms with Crippen molar-refractivity contribution in [2.24, 2.45) is 5.92 Å². The van der Waals surface area contributed by atoms with E-state index in [0.717, 1.165) is 51.0 Å². The lowest BCUT2D eigenvalue weighted by atomic mass is 9.95. The van der Waals surface area contributed by atoms with Crippen LogP contribution in [0.1, 0.15) is 53.9 Å². The summed E-state index contributed by atoms with van der Waals surface area (Å²) >= 11 is 0. The van der Waals surface area contributed by atoms with E-state index in [1.165, 1.54) is 22.2 Å². The summed E-state index contributed by atoms with van der Waals surface area (Å²) in [6.45, 7) is 9.79. The first-order chi connectivity index (χ1) is 15.7. The van der Waals surface area contributed by atoms with E-state index in [-0.39, 0.29) is 0 Å². The minimum Gasteiger partial charge on any atom is -0.389 e. The van der Waals surface area contributed by atoms with E-state index < -0.39 is 11.5 Å². The van der Waals surface area contributed by atoms with E-state index in [2.05, 4.69) is 40.7 Å². The molecule has 2 aromatic carbocycles. The van der Waals surface area contributed by atoms with Crippen molar-refractivity contribution in [2.75, 3.05) is 19.6 Å². The van der Waals surface area contributed by atoms with Crippen LogP contribution in [0.3, 0.4) is 0 Å². The summed E-state index contributed by atoms with van der Waals surface area (Å²) in [6.07, 6.45) is 3.09. The summed E-state index contributed by atoms with van der Waals surface area (Å²) in [4.78, 5) is 14.0. The average Bonchev–Trinajstić information content (AvgIpc) is 3.05. The van der Waals surface area contributed by atoms with Crippen molar-refractivity contribution in [1.29, 1.82) is 0 Å². The van der Waals surface area contributed by atoms with Crippen LogP contribution in [-0.2, 0) is 13.0 Å². The summed E-state index contributed by atoms with van der Waals surface area (Å²) in [7, 11) is 0. The summed E-state index contributed by atoms with van der Waals surface area (Å²) in [5.41, 5.74) is 6.51. The van der Waals surface area contributed by atoms with Gasteiger partial charge < -0.3 is 14.6 Å². The molecule has 1 aliphatic heterocycles. The van der Waals surface area contributed by atoms with E-state index in [0.29, 0.717) is 11.5 Å². The Kier molecular flexibility index (Phi) is 6.88. The normalized spacial score (nSPS) is 15.8. The lowest BCUT2D eigenvalue weighted by molar-refractivity contribution is 0.0234. The first-order valence-electron chi connectivity index (χ1n) is 11.8. The highest BCUT2D eigenvalue weighted by Gasteiger charge is 2.25. The number of nitrogens with one attached hydrogen (secondary N) is 1. The van der Waals surface area contributed by atoms with Crippen LogP contribution < -0.4 is 5.48 Å². The molecule has 1 fully saturated rings. The van der Waals surface area contributed by atoms with Crippen LogP contribution in [0.25, 0.3) is 10.9 Å². The van der Waals surface area contributed by atoms with Crippen LogP contribution >= 0.6 is 0 Å². The first kappa shape index (κ1) is 23.5. The highest BCUT2D eigenvalue weighted by molar-refractivity contribution is 5.93. The van der Waals surface area contributed by atoms with Crippen molar-refractivity contribution >= 4 is 16.8 Å². The van der Waals surface area contributed by atoms with Gasteiger partial charge in [0.25, 0.3) is 5.91 Å². The predicted octanol–water partition coefficient (Wildman–Crippen LogP) is 4.14. The summed E-state index contributed by atoms with van der Waals surface area (Å²) in [6, 6.07) is 16.0. The van der Waals surface area contributed by atoms with Gasteiger partial charge in [-0.05, 0) is 88.4 Å².